The van der Waals surface area contributed by atoms with Crippen molar-refractivity contribution in [3.05, 3.63) is 71.3 Å². The molecule has 30 heavy (non-hydrogen) atoms. The van der Waals surface area contributed by atoms with Gasteiger partial charge in [0.05, 0.1) is 6.61 Å². The average molecular weight is 423 g/mol. The van der Waals surface area contributed by atoms with Crippen LogP contribution in [0, 0.1) is 0 Å². The predicted octanol–water partition coefficient (Wildman–Crippen LogP) is 8.59. The highest BCUT2D eigenvalue weighted by molar-refractivity contribution is 7.81. The highest BCUT2D eigenvalue weighted by Gasteiger charge is 1.99. The molecule has 0 bridgehead atoms. The van der Waals surface area contributed by atoms with Crippen molar-refractivity contribution < 1.29 is 4.74 Å². The van der Waals surface area contributed by atoms with Gasteiger partial charge in [0.15, 0.2) is 0 Å². The highest BCUT2D eigenvalue weighted by Crippen LogP contribution is 2.16. The molecule has 0 aromatic heterocycles. The fourth-order valence-electron chi connectivity index (χ4n) is 3.49. The SMILES string of the molecule is CCCCCCCCCCOc1ccc(C=CC(=S)c2ccc(CCC)cc2)cc1. The maximum absolute atomic E-state index is 5.88. The Morgan fingerprint density at radius 2 is 1.40 bits per heavy atom. The molecular formula is C28H38OS. The van der Waals surface area contributed by atoms with Crippen LogP contribution in [-0.4, -0.2) is 11.5 Å². The minimum absolute atomic E-state index is 0.808. The maximum Gasteiger partial charge on any atom is 0.119 e. The lowest BCUT2D eigenvalue weighted by molar-refractivity contribution is 0.304. The van der Waals surface area contributed by atoms with Crippen LogP contribution in [0.25, 0.3) is 6.08 Å². The van der Waals surface area contributed by atoms with Crippen molar-refractivity contribution in [1.82, 2.24) is 0 Å². The Hall–Kier alpha value is -1.93. The number of ether oxygens (including phenoxy) is 1. The van der Waals surface area contributed by atoms with Gasteiger partial charge in [0.25, 0.3) is 0 Å². The van der Waals surface area contributed by atoms with Gasteiger partial charge < -0.3 is 4.74 Å². The van der Waals surface area contributed by atoms with Crippen LogP contribution in [0.3, 0.4) is 0 Å². The molecule has 0 heterocycles. The molecule has 0 saturated carbocycles. The number of unbranched alkanes of at least 4 members (excludes halogenated alkanes) is 7. The van der Waals surface area contributed by atoms with Crippen LogP contribution in [0.4, 0.5) is 0 Å². The first kappa shape index (κ1) is 24.3. The van der Waals surface area contributed by atoms with E-state index < -0.39 is 0 Å². The molecule has 2 rings (SSSR count). The second kappa shape index (κ2) is 15.0. The van der Waals surface area contributed by atoms with Crippen LogP contribution < -0.4 is 4.74 Å². The Morgan fingerprint density at radius 1 is 0.767 bits per heavy atom. The van der Waals surface area contributed by atoms with Gasteiger partial charge in [-0.25, -0.2) is 0 Å². The molecule has 1 nitrogen and oxygen atoms in total. The lowest BCUT2D eigenvalue weighted by Crippen LogP contribution is -1.97. The van der Waals surface area contributed by atoms with E-state index >= 15 is 0 Å². The number of hydrogen-bond donors (Lipinski definition) is 0. The molecule has 0 unspecified atom stereocenters. The summed E-state index contributed by atoms with van der Waals surface area (Å²) >= 11 is 5.56. The van der Waals surface area contributed by atoms with Gasteiger partial charge in [-0.15, -0.1) is 0 Å². The number of aryl methyl sites for hydroxylation is 1. The third-order valence-corrected chi connectivity index (χ3v) is 5.72. The molecular weight excluding hydrogens is 384 g/mol. The summed E-state index contributed by atoms with van der Waals surface area (Å²) in [6.07, 6.45) is 17.0. The van der Waals surface area contributed by atoms with Crippen molar-refractivity contribution in [3.8, 4) is 5.75 Å². The van der Waals surface area contributed by atoms with Gasteiger partial charge in [0.1, 0.15) is 5.75 Å². The van der Waals surface area contributed by atoms with Crippen LogP contribution in [0.5, 0.6) is 5.75 Å². The topological polar surface area (TPSA) is 9.23 Å². The summed E-state index contributed by atoms with van der Waals surface area (Å²) in [5.74, 6) is 0.948. The Bertz CT molecular complexity index is 743. The standard InChI is InChI=1S/C28H38OS/c1-3-5-6-7-8-9-10-11-23-29-27-20-15-25(16-21-27)17-22-28(30)26-18-13-24(12-4-2)14-19-26/h13-22H,3-12,23H2,1-2H3. The summed E-state index contributed by atoms with van der Waals surface area (Å²) in [7, 11) is 0. The number of benzene rings is 2. The van der Waals surface area contributed by atoms with Gasteiger partial charge in [-0.2, -0.15) is 0 Å². The summed E-state index contributed by atoms with van der Waals surface area (Å²) in [5, 5.41) is 0. The lowest BCUT2D eigenvalue weighted by atomic mass is 10.1. The van der Waals surface area contributed by atoms with Gasteiger partial charge in [0, 0.05) is 4.86 Å². The van der Waals surface area contributed by atoms with E-state index in [2.05, 4.69) is 56.3 Å². The van der Waals surface area contributed by atoms with Crippen molar-refractivity contribution in [2.75, 3.05) is 6.61 Å². The molecule has 0 fully saturated rings. The molecule has 0 N–H and O–H groups in total. The molecule has 0 amide bonds. The van der Waals surface area contributed by atoms with Gasteiger partial charge in [-0.1, -0.05) is 120 Å². The first-order valence-electron chi connectivity index (χ1n) is 11.8. The molecule has 0 aliphatic carbocycles. The summed E-state index contributed by atoms with van der Waals surface area (Å²) in [5.41, 5.74) is 3.61. The smallest absolute Gasteiger partial charge is 0.119 e. The number of rotatable bonds is 15. The normalized spacial score (nSPS) is 11.1. The molecule has 0 aliphatic rings. The monoisotopic (exact) mass is 422 g/mol. The third-order valence-electron chi connectivity index (χ3n) is 5.35. The zero-order chi connectivity index (χ0) is 21.4. The number of allylic oxidation sites excluding steroid dienone is 1. The molecule has 0 radical (unpaired) electrons. The largest absolute Gasteiger partial charge is 0.494 e. The lowest BCUT2D eigenvalue weighted by Gasteiger charge is -2.06. The van der Waals surface area contributed by atoms with Crippen molar-refractivity contribution in [2.45, 2.75) is 78.1 Å². The van der Waals surface area contributed by atoms with E-state index in [0.717, 1.165) is 41.2 Å². The second-order valence-electron chi connectivity index (χ2n) is 8.04. The Labute approximate surface area is 189 Å². The summed E-state index contributed by atoms with van der Waals surface area (Å²) in [4.78, 5) is 0.869. The van der Waals surface area contributed by atoms with E-state index in [0.29, 0.717) is 0 Å². The third kappa shape index (κ3) is 9.71. The van der Waals surface area contributed by atoms with Crippen molar-refractivity contribution in [3.63, 3.8) is 0 Å². The Morgan fingerprint density at radius 3 is 2.03 bits per heavy atom. The van der Waals surface area contributed by atoms with Crippen molar-refractivity contribution >= 4 is 23.2 Å². The van der Waals surface area contributed by atoms with E-state index in [1.54, 1.807) is 0 Å². The minimum atomic E-state index is 0.808. The maximum atomic E-state index is 5.88. The van der Waals surface area contributed by atoms with Gasteiger partial charge in [-0.3, -0.25) is 0 Å². The fourth-order valence-corrected chi connectivity index (χ4v) is 3.70. The van der Waals surface area contributed by atoms with Crippen LogP contribution >= 0.6 is 12.2 Å². The zero-order valence-corrected chi connectivity index (χ0v) is 19.7. The van der Waals surface area contributed by atoms with Gasteiger partial charge in [-0.05, 0) is 47.7 Å². The van der Waals surface area contributed by atoms with Crippen LogP contribution in [0.1, 0.15) is 88.3 Å². The van der Waals surface area contributed by atoms with E-state index in [9.17, 15) is 0 Å². The zero-order valence-electron chi connectivity index (χ0n) is 18.9. The van der Waals surface area contributed by atoms with Crippen molar-refractivity contribution in [1.29, 1.82) is 0 Å². The van der Waals surface area contributed by atoms with Crippen LogP contribution in [-0.2, 0) is 6.42 Å². The summed E-state index contributed by atoms with van der Waals surface area (Å²) in [6.45, 7) is 5.28. The number of thiocarbonyl (C=S) groups is 1. The first-order chi connectivity index (χ1) is 14.7. The Kier molecular flexibility index (Phi) is 12.1. The summed E-state index contributed by atoms with van der Waals surface area (Å²) < 4.78 is 5.88. The molecule has 0 saturated heterocycles. The highest BCUT2D eigenvalue weighted by atomic mass is 32.1. The van der Waals surface area contributed by atoms with E-state index in [1.807, 2.05) is 18.2 Å². The quantitative estimate of drug-likeness (QED) is 0.123. The molecule has 2 aromatic carbocycles. The molecule has 0 atom stereocenters. The average Bonchev–Trinajstić information content (AvgIpc) is 2.78. The van der Waals surface area contributed by atoms with E-state index in [4.69, 9.17) is 17.0 Å². The van der Waals surface area contributed by atoms with Crippen molar-refractivity contribution in [2.24, 2.45) is 0 Å². The fraction of sp³-hybridized carbons (Fsp3) is 0.464. The minimum Gasteiger partial charge on any atom is -0.494 e. The second-order valence-corrected chi connectivity index (χ2v) is 8.48. The van der Waals surface area contributed by atoms with Crippen LogP contribution in [0.15, 0.2) is 54.6 Å². The van der Waals surface area contributed by atoms with Crippen LogP contribution in [0.2, 0.25) is 0 Å². The molecule has 0 spiro atoms. The molecule has 162 valence electrons. The van der Waals surface area contributed by atoms with E-state index in [1.165, 1.54) is 56.9 Å². The molecule has 0 aliphatic heterocycles. The summed E-state index contributed by atoms with van der Waals surface area (Å²) in [6, 6.07) is 16.9. The first-order valence-corrected chi connectivity index (χ1v) is 12.2. The van der Waals surface area contributed by atoms with Gasteiger partial charge in [0.2, 0.25) is 0 Å². The number of hydrogen-bond acceptors (Lipinski definition) is 2. The van der Waals surface area contributed by atoms with E-state index in [-0.39, 0.29) is 0 Å². The van der Waals surface area contributed by atoms with Gasteiger partial charge >= 0.3 is 0 Å². The molecule has 2 heteroatoms. The Balaban J connectivity index is 1.68. The predicted molar refractivity (Wildman–Crippen MR) is 136 cm³/mol. The molecule has 2 aromatic rings.